The second-order valence-electron chi connectivity index (χ2n) is 6.84. The summed E-state index contributed by atoms with van der Waals surface area (Å²) in [4.78, 5) is 12.8. The molecule has 126 valence electrons. The third-order valence-corrected chi connectivity index (χ3v) is 5.49. The molecule has 2 aromatic rings. The number of piperidine rings is 1. The zero-order valence-corrected chi connectivity index (χ0v) is 14.0. The number of aryl methyl sites for hydroxylation is 1. The van der Waals surface area contributed by atoms with Crippen LogP contribution < -0.4 is 10.6 Å². The molecule has 1 aromatic heterocycles. The highest BCUT2D eigenvalue weighted by molar-refractivity contribution is 5.98. The minimum Gasteiger partial charge on any atom is -0.325 e. The number of hydrogen-bond acceptors (Lipinski definition) is 4. The van der Waals surface area contributed by atoms with Gasteiger partial charge in [-0.15, -0.1) is 10.2 Å². The molecule has 2 N–H and O–H groups in total. The van der Waals surface area contributed by atoms with Crippen molar-refractivity contribution in [3.05, 3.63) is 30.6 Å². The van der Waals surface area contributed by atoms with E-state index in [1.807, 2.05) is 28.8 Å². The SMILES string of the molecule is CCn1cnnc1-c1ccccc1NC(=O)C1CC12CCNCC2. The third-order valence-electron chi connectivity index (χ3n) is 5.49. The molecule has 24 heavy (non-hydrogen) atoms. The third kappa shape index (κ3) is 2.60. The Bertz CT molecular complexity index is 747. The molecular formula is C18H23N5O. The Morgan fingerprint density at radius 2 is 2.17 bits per heavy atom. The van der Waals surface area contributed by atoms with Crippen molar-refractivity contribution in [2.24, 2.45) is 11.3 Å². The molecule has 0 bridgehead atoms. The van der Waals surface area contributed by atoms with Crippen LogP contribution in [0.15, 0.2) is 30.6 Å². The maximum atomic E-state index is 12.8. The van der Waals surface area contributed by atoms with Gasteiger partial charge in [-0.05, 0) is 56.8 Å². The van der Waals surface area contributed by atoms with Gasteiger partial charge < -0.3 is 15.2 Å². The summed E-state index contributed by atoms with van der Waals surface area (Å²) in [6, 6.07) is 7.84. The molecular weight excluding hydrogens is 302 g/mol. The van der Waals surface area contributed by atoms with Crippen LogP contribution >= 0.6 is 0 Å². The van der Waals surface area contributed by atoms with E-state index >= 15 is 0 Å². The minimum absolute atomic E-state index is 0.145. The Kier molecular flexibility index (Phi) is 3.84. The molecule has 2 fully saturated rings. The van der Waals surface area contributed by atoms with E-state index in [0.717, 1.165) is 56.0 Å². The van der Waals surface area contributed by atoms with Crippen molar-refractivity contribution in [3.63, 3.8) is 0 Å². The van der Waals surface area contributed by atoms with Crippen LogP contribution in [0, 0.1) is 11.3 Å². The van der Waals surface area contributed by atoms with Gasteiger partial charge in [0.2, 0.25) is 5.91 Å². The summed E-state index contributed by atoms with van der Waals surface area (Å²) in [5.74, 6) is 1.09. The lowest BCUT2D eigenvalue weighted by molar-refractivity contribution is -0.118. The van der Waals surface area contributed by atoms with Crippen LogP contribution in [0.25, 0.3) is 11.4 Å². The molecule has 2 aliphatic rings. The normalized spacial score (nSPS) is 21.6. The first-order valence-corrected chi connectivity index (χ1v) is 8.72. The molecule has 1 unspecified atom stereocenters. The lowest BCUT2D eigenvalue weighted by Crippen LogP contribution is -2.31. The molecule has 0 radical (unpaired) electrons. The lowest BCUT2D eigenvalue weighted by atomic mass is 9.91. The number of hydrogen-bond donors (Lipinski definition) is 2. The monoisotopic (exact) mass is 325 g/mol. The summed E-state index contributed by atoms with van der Waals surface area (Å²) < 4.78 is 1.98. The molecule has 2 heterocycles. The van der Waals surface area contributed by atoms with Gasteiger partial charge >= 0.3 is 0 Å². The van der Waals surface area contributed by atoms with Gasteiger partial charge in [-0.25, -0.2) is 0 Å². The Hall–Kier alpha value is -2.21. The van der Waals surface area contributed by atoms with E-state index in [2.05, 4.69) is 27.8 Å². The maximum Gasteiger partial charge on any atom is 0.228 e. The van der Waals surface area contributed by atoms with Crippen LogP contribution in [0.4, 0.5) is 5.69 Å². The Balaban J connectivity index is 1.54. The van der Waals surface area contributed by atoms with Crippen molar-refractivity contribution in [2.75, 3.05) is 18.4 Å². The fourth-order valence-electron chi connectivity index (χ4n) is 3.90. The Morgan fingerprint density at radius 3 is 2.96 bits per heavy atom. The molecule has 4 rings (SSSR count). The van der Waals surface area contributed by atoms with Gasteiger partial charge in [0, 0.05) is 18.0 Å². The number of amides is 1. The van der Waals surface area contributed by atoms with Crippen molar-refractivity contribution in [3.8, 4) is 11.4 Å². The van der Waals surface area contributed by atoms with Gasteiger partial charge in [0.15, 0.2) is 5.82 Å². The lowest BCUT2D eigenvalue weighted by Gasteiger charge is -2.23. The summed E-state index contributed by atoms with van der Waals surface area (Å²) in [7, 11) is 0. The van der Waals surface area contributed by atoms with Gasteiger partial charge in [0.1, 0.15) is 6.33 Å². The van der Waals surface area contributed by atoms with E-state index in [1.54, 1.807) is 6.33 Å². The van der Waals surface area contributed by atoms with Crippen molar-refractivity contribution >= 4 is 11.6 Å². The second kappa shape index (κ2) is 6.02. The quantitative estimate of drug-likeness (QED) is 0.905. The van der Waals surface area contributed by atoms with E-state index in [4.69, 9.17) is 0 Å². The van der Waals surface area contributed by atoms with E-state index in [-0.39, 0.29) is 17.2 Å². The highest BCUT2D eigenvalue weighted by Gasteiger charge is 2.57. The van der Waals surface area contributed by atoms with Crippen molar-refractivity contribution < 1.29 is 4.79 Å². The first-order chi connectivity index (χ1) is 11.7. The molecule has 1 atom stereocenters. The smallest absolute Gasteiger partial charge is 0.228 e. The van der Waals surface area contributed by atoms with Gasteiger partial charge in [0.25, 0.3) is 0 Å². The molecule has 1 saturated heterocycles. The summed E-state index contributed by atoms with van der Waals surface area (Å²) in [5.41, 5.74) is 1.99. The average molecular weight is 325 g/mol. The summed E-state index contributed by atoms with van der Waals surface area (Å²) in [6.45, 7) is 4.91. The van der Waals surface area contributed by atoms with Crippen LogP contribution in [0.3, 0.4) is 0 Å². The highest BCUT2D eigenvalue weighted by Crippen LogP contribution is 2.58. The van der Waals surface area contributed by atoms with Crippen molar-refractivity contribution in [1.82, 2.24) is 20.1 Å². The fraction of sp³-hybridized carbons (Fsp3) is 0.500. The molecule has 1 spiro atoms. The number of carbonyl (C=O) groups is 1. The fourth-order valence-corrected chi connectivity index (χ4v) is 3.90. The molecule has 1 aliphatic carbocycles. The Labute approximate surface area is 141 Å². The summed E-state index contributed by atoms with van der Waals surface area (Å²) >= 11 is 0. The van der Waals surface area contributed by atoms with Crippen molar-refractivity contribution in [2.45, 2.75) is 32.7 Å². The molecule has 6 nitrogen and oxygen atoms in total. The largest absolute Gasteiger partial charge is 0.325 e. The van der Waals surface area contributed by atoms with Gasteiger partial charge in [0.05, 0.1) is 5.69 Å². The number of nitrogens with zero attached hydrogens (tertiary/aromatic N) is 3. The van der Waals surface area contributed by atoms with Crippen LogP contribution in [0.2, 0.25) is 0 Å². The predicted octanol–water partition coefficient (Wildman–Crippen LogP) is 2.29. The van der Waals surface area contributed by atoms with Gasteiger partial charge in [-0.3, -0.25) is 4.79 Å². The molecule has 6 heteroatoms. The number of para-hydroxylation sites is 1. The minimum atomic E-state index is 0.145. The Morgan fingerprint density at radius 1 is 1.38 bits per heavy atom. The van der Waals surface area contributed by atoms with Crippen molar-refractivity contribution in [1.29, 1.82) is 0 Å². The first-order valence-electron chi connectivity index (χ1n) is 8.72. The number of aromatic nitrogens is 3. The standard InChI is InChI=1S/C18H23N5O/c1-2-23-12-20-22-16(23)13-5-3-4-6-15(13)21-17(24)14-11-18(14)7-9-19-10-8-18/h3-6,12,14,19H,2,7-11H2,1H3,(H,21,24). The first kappa shape index (κ1) is 15.3. The van der Waals surface area contributed by atoms with Crippen LogP contribution in [-0.4, -0.2) is 33.8 Å². The van der Waals surface area contributed by atoms with Gasteiger partial charge in [-0.1, -0.05) is 12.1 Å². The topological polar surface area (TPSA) is 71.8 Å². The number of anilines is 1. The number of benzene rings is 1. The zero-order chi connectivity index (χ0) is 16.6. The van der Waals surface area contributed by atoms with E-state index in [0.29, 0.717) is 0 Å². The highest BCUT2D eigenvalue weighted by atomic mass is 16.2. The summed E-state index contributed by atoms with van der Waals surface area (Å²) in [6.07, 6.45) is 4.96. The average Bonchev–Trinajstić information content (AvgIpc) is 3.09. The van der Waals surface area contributed by atoms with Crippen LogP contribution in [-0.2, 0) is 11.3 Å². The molecule has 1 aromatic carbocycles. The molecule has 1 amide bonds. The molecule has 1 aliphatic heterocycles. The van der Waals surface area contributed by atoms with Gasteiger partial charge in [-0.2, -0.15) is 0 Å². The zero-order valence-electron chi connectivity index (χ0n) is 14.0. The van der Waals surface area contributed by atoms with E-state index in [1.165, 1.54) is 0 Å². The van der Waals surface area contributed by atoms with Crippen LogP contribution in [0.5, 0.6) is 0 Å². The van der Waals surface area contributed by atoms with Crippen LogP contribution in [0.1, 0.15) is 26.2 Å². The second-order valence-corrected chi connectivity index (χ2v) is 6.84. The van der Waals surface area contributed by atoms with E-state index < -0.39 is 0 Å². The number of nitrogens with one attached hydrogen (secondary N) is 2. The number of carbonyl (C=O) groups excluding carboxylic acids is 1. The number of rotatable bonds is 4. The molecule has 1 saturated carbocycles. The maximum absolute atomic E-state index is 12.8. The van der Waals surface area contributed by atoms with E-state index in [9.17, 15) is 4.79 Å². The predicted molar refractivity (Wildman–Crippen MR) is 92.4 cm³/mol. The summed E-state index contributed by atoms with van der Waals surface area (Å²) in [5, 5.41) is 14.7.